The second kappa shape index (κ2) is 4.75. The van der Waals surface area contributed by atoms with E-state index in [1.807, 2.05) is 0 Å². The summed E-state index contributed by atoms with van der Waals surface area (Å²) in [5, 5.41) is 10.5. The van der Waals surface area contributed by atoms with Crippen LogP contribution in [-0.2, 0) is 10.7 Å². The van der Waals surface area contributed by atoms with Crippen molar-refractivity contribution in [3.05, 3.63) is 33.9 Å². The van der Waals surface area contributed by atoms with E-state index in [2.05, 4.69) is 0 Å². The van der Waals surface area contributed by atoms with Crippen molar-refractivity contribution < 1.29 is 14.5 Å². The number of hydrogen-bond donors (Lipinski definition) is 0. The molecule has 0 fully saturated rings. The highest BCUT2D eigenvalue weighted by Gasteiger charge is 2.12. The predicted molar refractivity (Wildman–Crippen MR) is 54.0 cm³/mol. The van der Waals surface area contributed by atoms with E-state index in [9.17, 15) is 14.9 Å². The minimum absolute atomic E-state index is 0.0459. The van der Waals surface area contributed by atoms with E-state index in [-0.39, 0.29) is 17.3 Å². The van der Waals surface area contributed by atoms with E-state index >= 15 is 0 Å². The summed E-state index contributed by atoms with van der Waals surface area (Å²) in [5.41, 5.74) is 0.336. The van der Waals surface area contributed by atoms with E-state index in [4.69, 9.17) is 16.3 Å². The van der Waals surface area contributed by atoms with E-state index in [0.717, 1.165) is 0 Å². The van der Waals surface area contributed by atoms with Crippen LogP contribution in [0.1, 0.15) is 12.5 Å². The van der Waals surface area contributed by atoms with Crippen LogP contribution in [0.4, 0.5) is 5.69 Å². The Morgan fingerprint density at radius 1 is 1.60 bits per heavy atom. The molecule has 0 aliphatic heterocycles. The highest BCUT2D eigenvalue weighted by Crippen LogP contribution is 2.25. The summed E-state index contributed by atoms with van der Waals surface area (Å²) >= 11 is 5.58. The number of ether oxygens (including phenoxy) is 1. The SMILES string of the molecule is CC(=O)Oc1ccc([N+](=O)[O-])cc1CCl. The van der Waals surface area contributed by atoms with E-state index in [1.54, 1.807) is 0 Å². The molecule has 1 aromatic carbocycles. The molecule has 0 atom stereocenters. The zero-order valence-corrected chi connectivity index (χ0v) is 8.65. The predicted octanol–water partition coefficient (Wildman–Crippen LogP) is 2.26. The molecule has 0 spiro atoms. The fraction of sp³-hybridized carbons (Fsp3) is 0.222. The van der Waals surface area contributed by atoms with Gasteiger partial charge in [-0.2, -0.15) is 0 Å². The molecule has 0 heterocycles. The van der Waals surface area contributed by atoms with Crippen molar-refractivity contribution in [2.24, 2.45) is 0 Å². The number of hydrogen-bond acceptors (Lipinski definition) is 4. The smallest absolute Gasteiger partial charge is 0.308 e. The van der Waals surface area contributed by atoms with Gasteiger partial charge in [-0.3, -0.25) is 14.9 Å². The standard InChI is InChI=1S/C9H8ClNO4/c1-6(12)15-9-3-2-8(11(13)14)4-7(9)5-10/h2-4H,5H2,1H3. The zero-order chi connectivity index (χ0) is 11.4. The van der Waals surface area contributed by atoms with Crippen molar-refractivity contribution in [2.45, 2.75) is 12.8 Å². The largest absolute Gasteiger partial charge is 0.426 e. The first-order valence-electron chi connectivity index (χ1n) is 4.06. The number of benzene rings is 1. The van der Waals surface area contributed by atoms with Crippen LogP contribution >= 0.6 is 11.6 Å². The summed E-state index contributed by atoms with van der Waals surface area (Å²) in [6.45, 7) is 1.25. The maximum Gasteiger partial charge on any atom is 0.308 e. The lowest BCUT2D eigenvalue weighted by molar-refractivity contribution is -0.384. The Morgan fingerprint density at radius 2 is 2.27 bits per heavy atom. The Kier molecular flexibility index (Phi) is 3.62. The van der Waals surface area contributed by atoms with Gasteiger partial charge in [-0.15, -0.1) is 11.6 Å². The van der Waals surface area contributed by atoms with Crippen molar-refractivity contribution in [1.82, 2.24) is 0 Å². The summed E-state index contributed by atoms with van der Waals surface area (Å²) in [7, 11) is 0. The lowest BCUT2D eigenvalue weighted by Gasteiger charge is -2.05. The summed E-state index contributed by atoms with van der Waals surface area (Å²) in [4.78, 5) is 20.6. The topological polar surface area (TPSA) is 69.4 Å². The van der Waals surface area contributed by atoms with Gasteiger partial charge in [-0.1, -0.05) is 0 Å². The van der Waals surface area contributed by atoms with Gasteiger partial charge in [0.1, 0.15) is 5.75 Å². The van der Waals surface area contributed by atoms with Crippen molar-refractivity contribution >= 4 is 23.3 Å². The Hall–Kier alpha value is -1.62. The highest BCUT2D eigenvalue weighted by atomic mass is 35.5. The molecule has 0 N–H and O–H groups in total. The van der Waals surface area contributed by atoms with Gasteiger partial charge >= 0.3 is 5.97 Å². The van der Waals surface area contributed by atoms with E-state index in [0.29, 0.717) is 5.56 Å². The Morgan fingerprint density at radius 3 is 2.73 bits per heavy atom. The Bertz CT molecular complexity index is 405. The first kappa shape index (κ1) is 11.5. The number of alkyl halides is 1. The number of carbonyl (C=O) groups excluding carboxylic acids is 1. The van der Waals surface area contributed by atoms with Crippen molar-refractivity contribution in [3.8, 4) is 5.75 Å². The summed E-state index contributed by atoms with van der Waals surface area (Å²) < 4.78 is 4.83. The van der Waals surface area contributed by atoms with Gasteiger partial charge in [0, 0.05) is 24.6 Å². The zero-order valence-electron chi connectivity index (χ0n) is 7.90. The third kappa shape index (κ3) is 2.92. The molecule has 6 heteroatoms. The van der Waals surface area contributed by atoms with Crippen LogP contribution in [0.5, 0.6) is 5.75 Å². The number of nitro benzene ring substituents is 1. The van der Waals surface area contributed by atoms with Crippen LogP contribution in [0.15, 0.2) is 18.2 Å². The second-order valence-corrected chi connectivity index (χ2v) is 3.04. The Balaban J connectivity index is 3.08. The molecule has 15 heavy (non-hydrogen) atoms. The first-order chi connectivity index (χ1) is 7.04. The molecule has 0 amide bonds. The molecule has 0 aliphatic rings. The van der Waals surface area contributed by atoms with Crippen LogP contribution in [0.2, 0.25) is 0 Å². The fourth-order valence-corrected chi connectivity index (χ4v) is 1.25. The van der Waals surface area contributed by atoms with Gasteiger partial charge in [0.15, 0.2) is 0 Å². The van der Waals surface area contributed by atoms with Crippen molar-refractivity contribution in [1.29, 1.82) is 0 Å². The third-order valence-electron chi connectivity index (χ3n) is 1.65. The molecule has 0 aromatic heterocycles. The molecule has 5 nitrogen and oxygen atoms in total. The first-order valence-corrected chi connectivity index (χ1v) is 4.59. The summed E-state index contributed by atoms with van der Waals surface area (Å²) in [5.74, 6) is -0.192. The lowest BCUT2D eigenvalue weighted by atomic mass is 10.2. The maximum absolute atomic E-state index is 10.7. The highest BCUT2D eigenvalue weighted by molar-refractivity contribution is 6.17. The minimum atomic E-state index is -0.534. The average Bonchev–Trinajstić information content (AvgIpc) is 2.17. The van der Waals surface area contributed by atoms with Crippen LogP contribution < -0.4 is 4.74 Å². The molecule has 0 bridgehead atoms. The monoisotopic (exact) mass is 229 g/mol. The molecule has 80 valence electrons. The molecular formula is C9H8ClNO4. The van der Waals surface area contributed by atoms with Crippen LogP contribution in [0, 0.1) is 10.1 Å². The lowest BCUT2D eigenvalue weighted by Crippen LogP contribution is -2.03. The number of non-ortho nitro benzene ring substituents is 1. The van der Waals surface area contributed by atoms with Crippen LogP contribution in [0.25, 0.3) is 0 Å². The molecule has 1 rings (SSSR count). The number of nitro groups is 1. The molecule has 0 aliphatic carbocycles. The summed E-state index contributed by atoms with van der Waals surface area (Å²) in [6, 6.07) is 3.90. The van der Waals surface area contributed by atoms with Gasteiger partial charge in [-0.05, 0) is 6.07 Å². The molecular weight excluding hydrogens is 222 g/mol. The molecule has 0 saturated heterocycles. The van der Waals surface area contributed by atoms with Gasteiger partial charge in [-0.25, -0.2) is 0 Å². The molecule has 0 radical (unpaired) electrons. The van der Waals surface area contributed by atoms with E-state index < -0.39 is 10.9 Å². The normalized spacial score (nSPS) is 9.73. The number of nitrogens with zero attached hydrogens (tertiary/aromatic N) is 1. The van der Waals surface area contributed by atoms with Crippen molar-refractivity contribution in [3.63, 3.8) is 0 Å². The van der Waals surface area contributed by atoms with Gasteiger partial charge in [0.2, 0.25) is 0 Å². The van der Waals surface area contributed by atoms with Gasteiger partial charge in [0.25, 0.3) is 5.69 Å². The number of halogens is 1. The number of rotatable bonds is 3. The third-order valence-corrected chi connectivity index (χ3v) is 1.94. The van der Waals surface area contributed by atoms with Crippen LogP contribution in [0.3, 0.4) is 0 Å². The maximum atomic E-state index is 10.7. The molecule has 0 unspecified atom stereocenters. The minimum Gasteiger partial charge on any atom is -0.426 e. The van der Waals surface area contributed by atoms with Gasteiger partial charge in [0.05, 0.1) is 10.8 Å². The van der Waals surface area contributed by atoms with Crippen LogP contribution in [-0.4, -0.2) is 10.9 Å². The molecule has 0 saturated carbocycles. The van der Waals surface area contributed by atoms with Gasteiger partial charge < -0.3 is 4.74 Å². The van der Waals surface area contributed by atoms with E-state index in [1.165, 1.54) is 25.1 Å². The fourth-order valence-electron chi connectivity index (χ4n) is 1.04. The number of carbonyl (C=O) groups is 1. The molecule has 1 aromatic rings. The number of esters is 1. The summed E-state index contributed by atoms with van der Waals surface area (Å²) in [6.07, 6.45) is 0. The quantitative estimate of drug-likeness (QED) is 0.262. The Labute approximate surface area is 90.8 Å². The average molecular weight is 230 g/mol. The van der Waals surface area contributed by atoms with Crippen molar-refractivity contribution in [2.75, 3.05) is 0 Å². The second-order valence-electron chi connectivity index (χ2n) is 2.78.